The van der Waals surface area contributed by atoms with Gasteiger partial charge in [0.15, 0.2) is 0 Å². The fourth-order valence-electron chi connectivity index (χ4n) is 0.698. The van der Waals surface area contributed by atoms with E-state index in [4.69, 9.17) is 0 Å². The van der Waals surface area contributed by atoms with Crippen LogP contribution in [0.3, 0.4) is 0 Å². The molecule has 0 aliphatic heterocycles. The third-order valence-electron chi connectivity index (χ3n) is 1.88. The van der Waals surface area contributed by atoms with Crippen LogP contribution in [0.25, 0.3) is 0 Å². The fourth-order valence-corrected chi connectivity index (χ4v) is 0.698. The minimum Gasteiger partial charge on any atom is -0.301 e. The van der Waals surface area contributed by atoms with Crippen molar-refractivity contribution in [3.05, 3.63) is 6.92 Å². The molecule has 0 aromatic heterocycles. The lowest BCUT2D eigenvalue weighted by atomic mass is 10.1. The van der Waals surface area contributed by atoms with Crippen LogP contribution in [0.2, 0.25) is 0 Å². The zero-order valence-electron chi connectivity index (χ0n) is 7.78. The van der Waals surface area contributed by atoms with Crippen LogP contribution in [0.5, 0.6) is 0 Å². The standard InChI is InChI=1S/C9H20N/c1-6-7-8-10(5)9(2,3)4/h2,6-8H2,1,3-5H3. The predicted molar refractivity (Wildman–Crippen MR) is 47.0 cm³/mol. The van der Waals surface area contributed by atoms with E-state index in [1.165, 1.54) is 12.8 Å². The minimum absolute atomic E-state index is 0.0924. The van der Waals surface area contributed by atoms with E-state index in [-0.39, 0.29) is 5.54 Å². The minimum atomic E-state index is 0.0924. The molecule has 0 fully saturated rings. The van der Waals surface area contributed by atoms with E-state index in [2.05, 4.69) is 39.6 Å². The van der Waals surface area contributed by atoms with Crippen LogP contribution in [0.1, 0.15) is 33.6 Å². The number of unbranched alkanes of at least 4 members (excludes halogenated alkanes) is 1. The number of nitrogens with zero attached hydrogens (tertiary/aromatic N) is 1. The van der Waals surface area contributed by atoms with E-state index in [9.17, 15) is 0 Å². The second kappa shape index (κ2) is 3.97. The van der Waals surface area contributed by atoms with Crippen molar-refractivity contribution in [3.63, 3.8) is 0 Å². The number of hydrogen-bond acceptors (Lipinski definition) is 1. The molecular formula is C9H20N. The van der Waals surface area contributed by atoms with Crippen molar-refractivity contribution < 1.29 is 0 Å². The molecule has 1 radical (unpaired) electrons. The zero-order valence-corrected chi connectivity index (χ0v) is 7.78. The second-order valence-corrected chi connectivity index (χ2v) is 3.59. The summed E-state index contributed by atoms with van der Waals surface area (Å²) in [5.41, 5.74) is 0.0924. The Morgan fingerprint density at radius 1 is 1.40 bits per heavy atom. The van der Waals surface area contributed by atoms with Crippen molar-refractivity contribution in [3.8, 4) is 0 Å². The van der Waals surface area contributed by atoms with Crippen molar-refractivity contribution in [2.75, 3.05) is 13.6 Å². The Morgan fingerprint density at radius 3 is 2.20 bits per heavy atom. The summed E-state index contributed by atoms with van der Waals surface area (Å²) in [6, 6.07) is 0. The molecule has 0 aliphatic rings. The zero-order chi connectivity index (χ0) is 8.20. The molecule has 0 atom stereocenters. The van der Waals surface area contributed by atoms with Crippen molar-refractivity contribution in [1.82, 2.24) is 4.90 Å². The van der Waals surface area contributed by atoms with Crippen LogP contribution in [0.4, 0.5) is 0 Å². The molecule has 0 saturated heterocycles. The molecule has 0 amide bonds. The highest BCUT2D eigenvalue weighted by Crippen LogP contribution is 2.09. The van der Waals surface area contributed by atoms with Gasteiger partial charge in [0.05, 0.1) is 0 Å². The van der Waals surface area contributed by atoms with Crippen LogP contribution in [0, 0.1) is 6.92 Å². The van der Waals surface area contributed by atoms with Gasteiger partial charge in [-0.1, -0.05) is 13.3 Å². The van der Waals surface area contributed by atoms with Gasteiger partial charge in [0.2, 0.25) is 0 Å². The largest absolute Gasteiger partial charge is 0.301 e. The van der Waals surface area contributed by atoms with Crippen molar-refractivity contribution in [2.45, 2.75) is 39.2 Å². The van der Waals surface area contributed by atoms with Crippen molar-refractivity contribution in [1.29, 1.82) is 0 Å². The quantitative estimate of drug-likeness (QED) is 0.582. The molecule has 0 aliphatic carbocycles. The third kappa shape index (κ3) is 3.89. The Hall–Kier alpha value is -0.0400. The van der Waals surface area contributed by atoms with Crippen LogP contribution in [0.15, 0.2) is 0 Å². The third-order valence-corrected chi connectivity index (χ3v) is 1.88. The second-order valence-electron chi connectivity index (χ2n) is 3.59. The van der Waals surface area contributed by atoms with E-state index < -0.39 is 0 Å². The van der Waals surface area contributed by atoms with E-state index in [0.29, 0.717) is 0 Å². The smallest absolute Gasteiger partial charge is 0.0150 e. The fraction of sp³-hybridized carbons (Fsp3) is 0.889. The summed E-state index contributed by atoms with van der Waals surface area (Å²) in [5.74, 6) is 0. The lowest BCUT2D eigenvalue weighted by Gasteiger charge is -2.31. The molecule has 0 saturated carbocycles. The molecule has 1 heteroatoms. The first-order chi connectivity index (χ1) is 4.48. The average Bonchev–Trinajstić information content (AvgIpc) is 1.80. The first-order valence-corrected chi connectivity index (χ1v) is 4.05. The summed E-state index contributed by atoms with van der Waals surface area (Å²) in [4.78, 5) is 2.29. The molecule has 1 nitrogen and oxygen atoms in total. The number of rotatable bonds is 4. The first kappa shape index (κ1) is 9.96. The van der Waals surface area contributed by atoms with Gasteiger partial charge < -0.3 is 4.90 Å². The molecule has 0 unspecified atom stereocenters. The van der Waals surface area contributed by atoms with Gasteiger partial charge in [-0.2, -0.15) is 0 Å². The van der Waals surface area contributed by atoms with Crippen molar-refractivity contribution in [2.24, 2.45) is 0 Å². The van der Waals surface area contributed by atoms with Gasteiger partial charge >= 0.3 is 0 Å². The van der Waals surface area contributed by atoms with Gasteiger partial charge in [-0.15, -0.1) is 0 Å². The van der Waals surface area contributed by atoms with Gasteiger partial charge in [-0.05, 0) is 40.8 Å². The van der Waals surface area contributed by atoms with Gasteiger partial charge in [-0.25, -0.2) is 0 Å². The monoisotopic (exact) mass is 142 g/mol. The maximum absolute atomic E-state index is 4.05. The van der Waals surface area contributed by atoms with Gasteiger partial charge in [0.25, 0.3) is 0 Å². The summed E-state index contributed by atoms with van der Waals surface area (Å²) in [6.07, 6.45) is 2.54. The molecule has 0 rings (SSSR count). The molecule has 0 N–H and O–H groups in total. The van der Waals surface area contributed by atoms with Crippen LogP contribution < -0.4 is 0 Å². The Morgan fingerprint density at radius 2 is 1.90 bits per heavy atom. The molecule has 10 heavy (non-hydrogen) atoms. The van der Waals surface area contributed by atoms with Crippen molar-refractivity contribution >= 4 is 0 Å². The maximum atomic E-state index is 4.05. The van der Waals surface area contributed by atoms with Crippen LogP contribution in [-0.2, 0) is 0 Å². The average molecular weight is 142 g/mol. The molecule has 61 valence electrons. The SMILES string of the molecule is [CH2]C(C)(C)N(C)CCCC. The topological polar surface area (TPSA) is 3.24 Å². The molecular weight excluding hydrogens is 122 g/mol. The highest BCUT2D eigenvalue weighted by molar-refractivity contribution is 4.80. The molecule has 0 heterocycles. The summed E-state index contributed by atoms with van der Waals surface area (Å²) in [5, 5.41) is 0. The predicted octanol–water partition coefficient (Wildman–Crippen LogP) is 2.33. The normalized spacial score (nSPS) is 12.6. The van der Waals surface area contributed by atoms with E-state index in [1.54, 1.807) is 0 Å². The Balaban J connectivity index is 3.52. The van der Waals surface area contributed by atoms with Gasteiger partial charge in [0, 0.05) is 5.54 Å². The number of hydrogen-bond donors (Lipinski definition) is 0. The molecule has 0 aromatic carbocycles. The summed E-state index contributed by atoms with van der Waals surface area (Å²) in [6.45, 7) is 11.7. The molecule has 0 bridgehead atoms. The van der Waals surface area contributed by atoms with Crippen LogP contribution in [-0.4, -0.2) is 24.0 Å². The van der Waals surface area contributed by atoms with Crippen LogP contribution >= 0.6 is 0 Å². The van der Waals surface area contributed by atoms with E-state index in [0.717, 1.165) is 6.54 Å². The Bertz CT molecular complexity index is 81.2. The maximum Gasteiger partial charge on any atom is 0.0150 e. The Kier molecular flexibility index (Phi) is 3.95. The van der Waals surface area contributed by atoms with E-state index >= 15 is 0 Å². The highest BCUT2D eigenvalue weighted by atomic mass is 15.1. The lowest BCUT2D eigenvalue weighted by molar-refractivity contribution is 0.199. The van der Waals surface area contributed by atoms with E-state index in [1.807, 2.05) is 0 Å². The van der Waals surface area contributed by atoms with Gasteiger partial charge in [-0.3, -0.25) is 0 Å². The first-order valence-electron chi connectivity index (χ1n) is 4.05. The Labute approximate surface area is 65.4 Å². The lowest BCUT2D eigenvalue weighted by Crippen LogP contribution is -2.38. The summed E-state index contributed by atoms with van der Waals surface area (Å²) < 4.78 is 0. The van der Waals surface area contributed by atoms with Gasteiger partial charge in [0.1, 0.15) is 0 Å². The summed E-state index contributed by atoms with van der Waals surface area (Å²) >= 11 is 0. The molecule has 0 aromatic rings. The summed E-state index contributed by atoms with van der Waals surface area (Å²) in [7, 11) is 2.13. The highest BCUT2D eigenvalue weighted by Gasteiger charge is 2.15. The molecule has 0 spiro atoms.